The lowest BCUT2D eigenvalue weighted by Crippen LogP contribution is -2.18. The zero-order valence-corrected chi connectivity index (χ0v) is 23.2. The number of fused-ring (bicyclic) bond motifs is 1. The second-order valence-electron chi connectivity index (χ2n) is 9.18. The van der Waals surface area contributed by atoms with Crippen molar-refractivity contribution in [3.05, 3.63) is 78.0 Å². The van der Waals surface area contributed by atoms with Crippen molar-refractivity contribution >= 4 is 37.8 Å². The Morgan fingerprint density at radius 2 is 1.78 bits per heavy atom. The van der Waals surface area contributed by atoms with Crippen molar-refractivity contribution < 1.29 is 26.3 Å². The Morgan fingerprint density at radius 1 is 1.02 bits per heavy atom. The summed E-state index contributed by atoms with van der Waals surface area (Å²) < 4.78 is 70.9. The maximum atomic E-state index is 13.5. The average Bonchev–Trinajstić information content (AvgIpc) is 3.26. The molecule has 0 saturated carbocycles. The maximum absolute atomic E-state index is 13.5. The predicted octanol–water partition coefficient (Wildman–Crippen LogP) is 6.28. The molecular weight excluding hydrogens is 553 g/mol. The minimum absolute atomic E-state index is 0.0174. The van der Waals surface area contributed by atoms with Gasteiger partial charge in [-0.25, -0.2) is 8.42 Å². The number of hydrogen-bond donors (Lipinski definition) is 2. The van der Waals surface area contributed by atoms with Gasteiger partial charge in [0.25, 0.3) is 0 Å². The largest absolute Gasteiger partial charge is 0.477 e. The molecule has 212 valence electrons. The highest BCUT2D eigenvalue weighted by Crippen LogP contribution is 2.32. The maximum Gasteiger partial charge on any atom is 0.406 e. The molecule has 11 heteroatoms. The molecule has 41 heavy (non-hydrogen) atoms. The molecule has 0 spiro atoms. The van der Waals surface area contributed by atoms with E-state index in [1.54, 1.807) is 24.3 Å². The third-order valence-corrected chi connectivity index (χ3v) is 7.29. The van der Waals surface area contributed by atoms with Crippen LogP contribution in [0.1, 0.15) is 18.2 Å². The summed E-state index contributed by atoms with van der Waals surface area (Å²) in [5, 5.41) is 15.7. The van der Waals surface area contributed by atoms with E-state index in [4.69, 9.17) is 10.00 Å². The average molecular weight is 581 g/mol. The number of alkyl halides is 3. The van der Waals surface area contributed by atoms with Crippen molar-refractivity contribution in [3.8, 4) is 23.7 Å². The number of nitriles is 1. The number of benzene rings is 3. The first-order chi connectivity index (χ1) is 19.5. The molecule has 4 aromatic rings. The van der Waals surface area contributed by atoms with Gasteiger partial charge in [0.05, 0.1) is 28.3 Å². The van der Waals surface area contributed by atoms with E-state index in [-0.39, 0.29) is 29.5 Å². The summed E-state index contributed by atoms with van der Waals surface area (Å²) in [4.78, 5) is 0.0180. The van der Waals surface area contributed by atoms with E-state index < -0.39 is 22.6 Å². The highest BCUT2D eigenvalue weighted by atomic mass is 32.2. The Labute approximate surface area is 236 Å². The molecule has 0 aliphatic rings. The van der Waals surface area contributed by atoms with Gasteiger partial charge < -0.3 is 19.9 Å². The number of aryl methyl sites for hydroxylation is 1. The molecule has 0 unspecified atom stereocenters. The van der Waals surface area contributed by atoms with Gasteiger partial charge in [-0.3, -0.25) is 0 Å². The van der Waals surface area contributed by atoms with Crippen LogP contribution in [0, 0.1) is 23.2 Å². The van der Waals surface area contributed by atoms with Crippen LogP contribution < -0.4 is 15.4 Å². The monoisotopic (exact) mass is 580 g/mol. The molecular formula is C30H27F3N4O3S. The van der Waals surface area contributed by atoms with Crippen molar-refractivity contribution in [3.63, 3.8) is 0 Å². The quantitative estimate of drug-likeness (QED) is 0.226. The van der Waals surface area contributed by atoms with Crippen LogP contribution in [0.3, 0.4) is 0 Å². The zero-order valence-electron chi connectivity index (χ0n) is 22.3. The zero-order chi connectivity index (χ0) is 29.6. The topological polar surface area (TPSA) is 96.2 Å². The summed E-state index contributed by atoms with van der Waals surface area (Å²) >= 11 is 0. The van der Waals surface area contributed by atoms with Gasteiger partial charge >= 0.3 is 6.18 Å². The number of ether oxygens (including phenoxy) is 1. The van der Waals surface area contributed by atoms with E-state index in [2.05, 4.69) is 29.4 Å². The molecule has 0 aliphatic heterocycles. The van der Waals surface area contributed by atoms with Crippen LogP contribution in [0.4, 0.5) is 30.2 Å². The van der Waals surface area contributed by atoms with E-state index in [1.165, 1.54) is 23.8 Å². The molecule has 0 saturated heterocycles. The minimum atomic E-state index is -4.46. The molecule has 1 aromatic heterocycles. The van der Waals surface area contributed by atoms with E-state index in [0.29, 0.717) is 22.3 Å². The van der Waals surface area contributed by atoms with Crippen LogP contribution in [0.25, 0.3) is 10.9 Å². The van der Waals surface area contributed by atoms with Gasteiger partial charge in [-0.1, -0.05) is 31.0 Å². The van der Waals surface area contributed by atoms with E-state index >= 15 is 0 Å². The van der Waals surface area contributed by atoms with Gasteiger partial charge in [-0.2, -0.15) is 18.4 Å². The molecule has 7 nitrogen and oxygen atoms in total. The van der Waals surface area contributed by atoms with Crippen molar-refractivity contribution in [2.75, 3.05) is 30.0 Å². The first kappa shape index (κ1) is 29.4. The van der Waals surface area contributed by atoms with Gasteiger partial charge in [0, 0.05) is 29.1 Å². The molecule has 0 atom stereocenters. The number of rotatable bonds is 9. The Kier molecular flexibility index (Phi) is 8.80. The standard InChI is InChI=1S/C30H27F3N4O3S/c1-3-21-9-11-22(12-10-21)36-26-7-4-8-28-25(26)18-23(37(28)20-30(31,32)33)6-5-16-35-27-14-13-24(41(2,38)39)19-29(27)40-17-15-34/h4,7-14,18-19,35-36H,3,16-17,20H2,1-2H3. The lowest BCUT2D eigenvalue weighted by Gasteiger charge is -2.12. The van der Waals surface area contributed by atoms with Gasteiger partial charge in [-0.15, -0.1) is 0 Å². The highest BCUT2D eigenvalue weighted by molar-refractivity contribution is 7.90. The van der Waals surface area contributed by atoms with Gasteiger partial charge in [0.2, 0.25) is 0 Å². The summed E-state index contributed by atoms with van der Waals surface area (Å²) in [6.07, 6.45) is -2.51. The molecule has 1 heterocycles. The third-order valence-electron chi connectivity index (χ3n) is 6.18. The molecule has 0 aliphatic carbocycles. The Hall–Kier alpha value is -4.61. The number of aromatic nitrogens is 1. The second kappa shape index (κ2) is 12.3. The Balaban J connectivity index is 1.63. The molecule has 0 bridgehead atoms. The number of nitrogens with one attached hydrogen (secondary N) is 2. The fourth-order valence-electron chi connectivity index (χ4n) is 4.21. The van der Waals surface area contributed by atoms with Gasteiger partial charge in [-0.05, 0) is 60.4 Å². The van der Waals surface area contributed by atoms with Crippen LogP contribution in [-0.2, 0) is 22.8 Å². The first-order valence-electron chi connectivity index (χ1n) is 12.6. The summed E-state index contributed by atoms with van der Waals surface area (Å²) in [5.41, 5.74) is 3.59. The number of halogens is 3. The third kappa shape index (κ3) is 7.53. The number of sulfone groups is 1. The SMILES string of the molecule is CCc1ccc(Nc2cccc3c2cc(C#CCNc2ccc(S(C)(=O)=O)cc2OCC#N)n3CC(F)(F)F)cc1. The Morgan fingerprint density at radius 3 is 2.44 bits per heavy atom. The fraction of sp³-hybridized carbons (Fsp3) is 0.233. The van der Waals surface area contributed by atoms with E-state index in [1.807, 2.05) is 30.3 Å². The predicted molar refractivity (Wildman–Crippen MR) is 153 cm³/mol. The van der Waals surface area contributed by atoms with Crippen molar-refractivity contribution in [2.24, 2.45) is 0 Å². The molecule has 2 N–H and O–H groups in total. The minimum Gasteiger partial charge on any atom is -0.477 e. The molecule has 0 fully saturated rings. The van der Waals surface area contributed by atoms with E-state index in [0.717, 1.165) is 22.9 Å². The van der Waals surface area contributed by atoms with Gasteiger partial charge in [0.15, 0.2) is 16.4 Å². The van der Waals surface area contributed by atoms with Crippen LogP contribution in [0.2, 0.25) is 0 Å². The summed E-state index contributed by atoms with van der Waals surface area (Å²) in [5.74, 6) is 5.82. The summed E-state index contributed by atoms with van der Waals surface area (Å²) in [6, 6.07) is 20.6. The second-order valence-corrected chi connectivity index (χ2v) is 11.2. The number of nitrogens with zero attached hydrogens (tertiary/aromatic N) is 2. The van der Waals surface area contributed by atoms with Crippen molar-refractivity contribution in [1.29, 1.82) is 5.26 Å². The summed E-state index contributed by atoms with van der Waals surface area (Å²) in [7, 11) is -3.51. The molecule has 0 amide bonds. The van der Waals surface area contributed by atoms with Crippen LogP contribution in [-0.4, -0.2) is 38.6 Å². The molecule has 0 radical (unpaired) electrons. The molecule has 3 aromatic carbocycles. The Bertz CT molecular complexity index is 1760. The molecule has 4 rings (SSSR count). The van der Waals surface area contributed by atoms with Crippen LogP contribution >= 0.6 is 0 Å². The summed E-state index contributed by atoms with van der Waals surface area (Å²) in [6.45, 7) is 0.566. The van der Waals surface area contributed by atoms with Crippen LogP contribution in [0.15, 0.2) is 71.6 Å². The lowest BCUT2D eigenvalue weighted by molar-refractivity contribution is -0.140. The number of anilines is 3. The number of hydrogen-bond acceptors (Lipinski definition) is 6. The van der Waals surface area contributed by atoms with Crippen molar-refractivity contribution in [1.82, 2.24) is 4.57 Å². The smallest absolute Gasteiger partial charge is 0.406 e. The van der Waals surface area contributed by atoms with E-state index in [9.17, 15) is 21.6 Å². The normalized spacial score (nSPS) is 11.4. The highest BCUT2D eigenvalue weighted by Gasteiger charge is 2.30. The lowest BCUT2D eigenvalue weighted by atomic mass is 10.1. The van der Waals surface area contributed by atoms with Crippen molar-refractivity contribution in [2.45, 2.75) is 31.0 Å². The first-order valence-corrected chi connectivity index (χ1v) is 14.5. The fourth-order valence-corrected chi connectivity index (χ4v) is 4.85. The van der Waals surface area contributed by atoms with Crippen LogP contribution in [0.5, 0.6) is 5.75 Å². The van der Waals surface area contributed by atoms with Gasteiger partial charge in [0.1, 0.15) is 18.4 Å².